The number of hydrogen-bond acceptors (Lipinski definition) is 3. The second-order valence-corrected chi connectivity index (χ2v) is 4.04. The second kappa shape index (κ2) is 5.32. The van der Waals surface area contributed by atoms with Gasteiger partial charge >= 0.3 is 0 Å². The Hall–Kier alpha value is -0.610. The summed E-state index contributed by atoms with van der Waals surface area (Å²) in [6.07, 6.45) is 2.60. The van der Waals surface area contributed by atoms with E-state index in [-0.39, 0.29) is 17.9 Å². The molecule has 1 amide bonds. The fourth-order valence-corrected chi connectivity index (χ4v) is 1.32. The molecule has 0 unspecified atom stereocenters. The smallest absolute Gasteiger partial charge is 0.221 e. The predicted octanol–water partition coefficient (Wildman–Crippen LogP) is -0.125. The van der Waals surface area contributed by atoms with Gasteiger partial charge in [0.1, 0.15) is 0 Å². The summed E-state index contributed by atoms with van der Waals surface area (Å²) in [4.78, 5) is 11.3. The highest BCUT2D eigenvalue weighted by atomic mass is 16.3. The minimum Gasteiger partial charge on any atom is -0.396 e. The van der Waals surface area contributed by atoms with Crippen LogP contribution in [0.5, 0.6) is 0 Å². The van der Waals surface area contributed by atoms with E-state index in [1.165, 1.54) is 0 Å². The van der Waals surface area contributed by atoms with Crippen LogP contribution in [-0.2, 0) is 4.79 Å². The van der Waals surface area contributed by atoms with E-state index in [0.717, 1.165) is 25.9 Å². The maximum absolute atomic E-state index is 11.3. The van der Waals surface area contributed by atoms with E-state index >= 15 is 0 Å². The second-order valence-electron chi connectivity index (χ2n) is 4.04. The monoisotopic (exact) mass is 200 g/mol. The van der Waals surface area contributed by atoms with Crippen molar-refractivity contribution in [2.75, 3.05) is 26.2 Å². The minimum atomic E-state index is 0.0217. The Bertz CT molecular complexity index is 191. The van der Waals surface area contributed by atoms with E-state index in [9.17, 15) is 4.79 Å². The van der Waals surface area contributed by atoms with Gasteiger partial charge in [0.05, 0.1) is 6.61 Å². The fourth-order valence-electron chi connectivity index (χ4n) is 1.32. The van der Waals surface area contributed by atoms with Gasteiger partial charge in [-0.1, -0.05) is 6.92 Å². The lowest BCUT2D eigenvalue weighted by Gasteiger charge is -2.12. The molecule has 14 heavy (non-hydrogen) atoms. The Morgan fingerprint density at radius 3 is 2.71 bits per heavy atom. The van der Waals surface area contributed by atoms with Gasteiger partial charge in [-0.25, -0.2) is 0 Å². The zero-order chi connectivity index (χ0) is 10.4. The number of carbonyl (C=O) groups excluding carboxylic acids is 1. The fraction of sp³-hybridized carbons (Fsp3) is 0.900. The SMILES string of the molecule is CCNCCC(=O)NCC1(CO)CC1. The van der Waals surface area contributed by atoms with Crippen LogP contribution in [0.2, 0.25) is 0 Å². The van der Waals surface area contributed by atoms with Gasteiger partial charge in [0, 0.05) is 24.9 Å². The third-order valence-corrected chi connectivity index (χ3v) is 2.73. The lowest BCUT2D eigenvalue weighted by molar-refractivity contribution is -0.121. The molecule has 0 saturated heterocycles. The van der Waals surface area contributed by atoms with Gasteiger partial charge in [-0.15, -0.1) is 0 Å². The number of rotatable bonds is 7. The first-order valence-electron chi connectivity index (χ1n) is 5.31. The largest absolute Gasteiger partial charge is 0.396 e. The molecule has 0 aromatic rings. The molecule has 82 valence electrons. The number of carbonyl (C=O) groups is 1. The maximum atomic E-state index is 11.3. The molecule has 0 radical (unpaired) electrons. The molecule has 0 bridgehead atoms. The standard InChI is InChI=1S/C10H20N2O2/c1-2-11-6-3-9(14)12-7-10(8-13)4-5-10/h11,13H,2-8H2,1H3,(H,12,14). The van der Waals surface area contributed by atoms with Crippen molar-refractivity contribution in [3.63, 3.8) is 0 Å². The van der Waals surface area contributed by atoms with Crippen molar-refractivity contribution in [1.29, 1.82) is 0 Å². The van der Waals surface area contributed by atoms with Gasteiger partial charge in [0.15, 0.2) is 0 Å². The molecular formula is C10H20N2O2. The van der Waals surface area contributed by atoms with Crippen LogP contribution in [0.1, 0.15) is 26.2 Å². The third kappa shape index (κ3) is 3.64. The maximum Gasteiger partial charge on any atom is 0.221 e. The predicted molar refractivity (Wildman–Crippen MR) is 54.9 cm³/mol. The topological polar surface area (TPSA) is 61.4 Å². The Kier molecular flexibility index (Phi) is 4.35. The highest BCUT2D eigenvalue weighted by molar-refractivity contribution is 5.76. The summed E-state index contributed by atoms with van der Waals surface area (Å²) in [6, 6.07) is 0. The van der Waals surface area contributed by atoms with E-state index < -0.39 is 0 Å². The lowest BCUT2D eigenvalue weighted by Crippen LogP contribution is -2.33. The van der Waals surface area contributed by atoms with Crippen LogP contribution < -0.4 is 10.6 Å². The van der Waals surface area contributed by atoms with Crippen molar-refractivity contribution in [3.05, 3.63) is 0 Å². The minimum absolute atomic E-state index is 0.0217. The van der Waals surface area contributed by atoms with Crippen LogP contribution in [0.3, 0.4) is 0 Å². The summed E-state index contributed by atoms with van der Waals surface area (Å²) in [5.74, 6) is 0.0747. The quantitative estimate of drug-likeness (QED) is 0.502. The normalized spacial score (nSPS) is 17.9. The van der Waals surface area contributed by atoms with Gasteiger partial charge in [-0.2, -0.15) is 0 Å². The Balaban J connectivity index is 2.03. The summed E-state index contributed by atoms with van der Waals surface area (Å²) >= 11 is 0. The summed E-state index contributed by atoms with van der Waals surface area (Å²) in [5.41, 5.74) is 0.0217. The van der Waals surface area contributed by atoms with Gasteiger partial charge < -0.3 is 15.7 Å². The van der Waals surface area contributed by atoms with Gasteiger partial charge in [0.25, 0.3) is 0 Å². The summed E-state index contributed by atoms with van der Waals surface area (Å²) < 4.78 is 0. The molecule has 1 rings (SSSR count). The molecule has 4 heteroatoms. The molecule has 0 aromatic heterocycles. The molecule has 1 fully saturated rings. The Morgan fingerprint density at radius 1 is 1.50 bits per heavy atom. The first kappa shape index (κ1) is 11.5. The van der Waals surface area contributed by atoms with Crippen LogP contribution in [0.4, 0.5) is 0 Å². The third-order valence-electron chi connectivity index (χ3n) is 2.73. The van der Waals surface area contributed by atoms with Crippen molar-refractivity contribution in [3.8, 4) is 0 Å². The number of nitrogens with one attached hydrogen (secondary N) is 2. The van der Waals surface area contributed by atoms with Crippen LogP contribution in [0, 0.1) is 5.41 Å². The van der Waals surface area contributed by atoms with Crippen molar-refractivity contribution in [2.45, 2.75) is 26.2 Å². The van der Waals surface area contributed by atoms with Crippen molar-refractivity contribution < 1.29 is 9.90 Å². The van der Waals surface area contributed by atoms with Crippen LogP contribution in [-0.4, -0.2) is 37.3 Å². The van der Waals surface area contributed by atoms with Crippen LogP contribution in [0.25, 0.3) is 0 Å². The lowest BCUT2D eigenvalue weighted by atomic mass is 10.1. The van der Waals surface area contributed by atoms with E-state index in [0.29, 0.717) is 13.0 Å². The number of amides is 1. The average Bonchev–Trinajstić information content (AvgIpc) is 2.96. The molecule has 3 N–H and O–H groups in total. The zero-order valence-corrected chi connectivity index (χ0v) is 8.81. The first-order valence-corrected chi connectivity index (χ1v) is 5.31. The molecular weight excluding hydrogens is 180 g/mol. The molecule has 0 aromatic carbocycles. The van der Waals surface area contributed by atoms with Crippen molar-refractivity contribution in [1.82, 2.24) is 10.6 Å². The molecule has 1 saturated carbocycles. The van der Waals surface area contributed by atoms with E-state index in [2.05, 4.69) is 10.6 Å². The molecule has 0 heterocycles. The van der Waals surface area contributed by atoms with E-state index in [1.54, 1.807) is 0 Å². The molecule has 0 atom stereocenters. The van der Waals surface area contributed by atoms with Crippen molar-refractivity contribution >= 4 is 5.91 Å². The Labute approximate surface area is 85.1 Å². The van der Waals surface area contributed by atoms with E-state index in [4.69, 9.17) is 5.11 Å². The number of hydrogen-bond donors (Lipinski definition) is 3. The van der Waals surface area contributed by atoms with Crippen LogP contribution >= 0.6 is 0 Å². The van der Waals surface area contributed by atoms with Crippen LogP contribution in [0.15, 0.2) is 0 Å². The number of aliphatic hydroxyl groups excluding tert-OH is 1. The summed E-state index contributed by atoms with van der Waals surface area (Å²) in [7, 11) is 0. The van der Waals surface area contributed by atoms with Gasteiger partial charge in [0.2, 0.25) is 5.91 Å². The summed E-state index contributed by atoms with van der Waals surface area (Å²) in [5, 5.41) is 15.0. The highest BCUT2D eigenvalue weighted by Crippen LogP contribution is 2.44. The molecule has 4 nitrogen and oxygen atoms in total. The molecule has 0 aliphatic heterocycles. The van der Waals surface area contributed by atoms with Crippen molar-refractivity contribution in [2.24, 2.45) is 5.41 Å². The number of aliphatic hydroxyl groups is 1. The van der Waals surface area contributed by atoms with Gasteiger partial charge in [-0.05, 0) is 19.4 Å². The molecule has 1 aliphatic carbocycles. The van der Waals surface area contributed by atoms with Gasteiger partial charge in [-0.3, -0.25) is 4.79 Å². The highest BCUT2D eigenvalue weighted by Gasteiger charge is 2.41. The van der Waals surface area contributed by atoms with E-state index in [1.807, 2.05) is 6.92 Å². The summed E-state index contributed by atoms with van der Waals surface area (Å²) in [6.45, 7) is 4.47. The molecule has 1 aliphatic rings. The first-order chi connectivity index (χ1) is 6.72. The zero-order valence-electron chi connectivity index (χ0n) is 8.81. The average molecular weight is 200 g/mol. The Morgan fingerprint density at radius 2 is 2.21 bits per heavy atom. The molecule has 0 spiro atoms.